The molecule has 248 valence electrons. The van der Waals surface area contributed by atoms with Crippen molar-refractivity contribution in [3.8, 4) is 5.75 Å². The van der Waals surface area contributed by atoms with E-state index in [1.165, 1.54) is 36.3 Å². The van der Waals surface area contributed by atoms with Crippen LogP contribution in [0.1, 0.15) is 42.5 Å². The molecule has 0 heterocycles. The third kappa shape index (κ3) is 8.98. The van der Waals surface area contributed by atoms with E-state index in [9.17, 15) is 22.4 Å². The van der Waals surface area contributed by atoms with Crippen LogP contribution in [-0.2, 0) is 32.6 Å². The van der Waals surface area contributed by atoms with Crippen molar-refractivity contribution in [2.45, 2.75) is 64.1 Å². The molecule has 0 aromatic heterocycles. The number of anilines is 1. The van der Waals surface area contributed by atoms with E-state index in [1.54, 1.807) is 42.5 Å². The molecule has 0 aliphatic carbocycles. The Balaban J connectivity index is 1.85. The average molecular weight is 660 g/mol. The van der Waals surface area contributed by atoms with Gasteiger partial charge in [0.05, 0.1) is 17.7 Å². The van der Waals surface area contributed by atoms with Crippen LogP contribution in [0.3, 0.4) is 0 Å². The topological polar surface area (TPSA) is 96.0 Å². The highest BCUT2D eigenvalue weighted by Gasteiger charge is 2.36. The van der Waals surface area contributed by atoms with Crippen LogP contribution >= 0.6 is 0 Å². The van der Waals surface area contributed by atoms with Crippen molar-refractivity contribution in [1.29, 1.82) is 0 Å². The molecule has 10 heteroatoms. The molecule has 0 saturated heterocycles. The zero-order valence-corrected chi connectivity index (χ0v) is 28.3. The van der Waals surface area contributed by atoms with E-state index in [0.29, 0.717) is 12.0 Å². The minimum absolute atomic E-state index is 0.0000991. The molecule has 2 atom stereocenters. The molecule has 0 spiro atoms. The summed E-state index contributed by atoms with van der Waals surface area (Å²) >= 11 is 0. The molecule has 0 saturated carbocycles. The largest absolute Gasteiger partial charge is 0.495 e. The number of carbonyl (C=O) groups excluding carboxylic acids is 2. The zero-order valence-electron chi connectivity index (χ0n) is 27.4. The lowest BCUT2D eigenvalue weighted by Crippen LogP contribution is -2.54. The number of sulfonamides is 1. The molecule has 0 aliphatic heterocycles. The normalized spacial score (nSPS) is 12.6. The fourth-order valence-electron chi connectivity index (χ4n) is 5.13. The lowest BCUT2D eigenvalue weighted by molar-refractivity contribution is -0.140. The third-order valence-corrected chi connectivity index (χ3v) is 9.80. The van der Waals surface area contributed by atoms with Crippen molar-refractivity contribution >= 4 is 27.5 Å². The fourth-order valence-corrected chi connectivity index (χ4v) is 6.54. The van der Waals surface area contributed by atoms with Crippen LogP contribution in [0.5, 0.6) is 5.75 Å². The van der Waals surface area contributed by atoms with E-state index in [4.69, 9.17) is 4.74 Å². The highest BCUT2D eigenvalue weighted by molar-refractivity contribution is 7.92. The maximum atomic E-state index is 14.6. The number of hydrogen-bond acceptors (Lipinski definition) is 5. The molecule has 0 bridgehead atoms. The number of amides is 2. The maximum absolute atomic E-state index is 14.6. The molecule has 47 heavy (non-hydrogen) atoms. The Morgan fingerprint density at radius 1 is 0.872 bits per heavy atom. The van der Waals surface area contributed by atoms with Gasteiger partial charge in [0.1, 0.15) is 24.2 Å². The summed E-state index contributed by atoms with van der Waals surface area (Å²) in [5, 5.41) is 3.01. The second-order valence-electron chi connectivity index (χ2n) is 11.7. The summed E-state index contributed by atoms with van der Waals surface area (Å²) < 4.78 is 49.2. The average Bonchev–Trinajstić information content (AvgIpc) is 3.06. The minimum atomic E-state index is -4.30. The Morgan fingerprint density at radius 3 is 2.13 bits per heavy atom. The highest BCUT2D eigenvalue weighted by Crippen LogP contribution is 2.34. The Hall–Kier alpha value is -4.70. The standard InChI is InChI=1S/C37H42FN3O5S/c1-6-28(4)39-37(43)34(23-29-10-8-7-9-11-29)40(24-30-15-17-31(38)18-16-30)36(42)25-41(33-22-27(3)14-21-35(33)46-5)47(44,45)32-19-12-26(2)13-20-32/h7-22,28,34H,6,23-25H2,1-5H3,(H,39,43)/t28-,34-/m0/s1. The summed E-state index contributed by atoms with van der Waals surface area (Å²) in [7, 11) is -2.87. The third-order valence-electron chi connectivity index (χ3n) is 8.03. The summed E-state index contributed by atoms with van der Waals surface area (Å²) in [5.41, 5.74) is 3.22. The quantitative estimate of drug-likeness (QED) is 0.174. The number of benzene rings is 4. The predicted octanol–water partition coefficient (Wildman–Crippen LogP) is 6.20. The second kappa shape index (κ2) is 15.7. The smallest absolute Gasteiger partial charge is 0.264 e. The highest BCUT2D eigenvalue weighted by atomic mass is 32.2. The number of nitrogens with one attached hydrogen (secondary N) is 1. The first-order chi connectivity index (χ1) is 22.4. The van der Waals surface area contributed by atoms with Crippen LogP contribution in [0, 0.1) is 19.7 Å². The maximum Gasteiger partial charge on any atom is 0.264 e. The summed E-state index contributed by atoms with van der Waals surface area (Å²) in [6.07, 6.45) is 0.847. The number of ether oxygens (including phenoxy) is 1. The molecule has 0 radical (unpaired) electrons. The number of rotatable bonds is 14. The van der Waals surface area contributed by atoms with Gasteiger partial charge in [-0.2, -0.15) is 0 Å². The molecule has 8 nitrogen and oxygen atoms in total. The van der Waals surface area contributed by atoms with Gasteiger partial charge < -0.3 is 15.0 Å². The number of methoxy groups -OCH3 is 1. The summed E-state index contributed by atoms with van der Waals surface area (Å²) in [6, 6.07) is 25.3. The van der Waals surface area contributed by atoms with Crippen molar-refractivity contribution in [1.82, 2.24) is 10.2 Å². The van der Waals surface area contributed by atoms with Crippen molar-refractivity contribution in [3.63, 3.8) is 0 Å². The first-order valence-corrected chi connectivity index (χ1v) is 17.0. The fraction of sp³-hybridized carbons (Fsp3) is 0.297. The minimum Gasteiger partial charge on any atom is -0.495 e. The molecule has 0 aliphatic rings. The molecule has 4 aromatic rings. The van der Waals surface area contributed by atoms with Crippen molar-refractivity contribution in [3.05, 3.63) is 125 Å². The number of carbonyl (C=O) groups is 2. The van der Waals surface area contributed by atoms with Crippen LogP contribution in [-0.4, -0.2) is 50.9 Å². The molecule has 0 unspecified atom stereocenters. The SMILES string of the molecule is CC[C@H](C)NC(=O)[C@H](Cc1ccccc1)N(Cc1ccc(F)cc1)C(=O)CN(c1cc(C)ccc1OC)S(=O)(=O)c1ccc(C)cc1. The van der Waals surface area contributed by atoms with Gasteiger partial charge in [-0.3, -0.25) is 13.9 Å². The Morgan fingerprint density at radius 2 is 1.51 bits per heavy atom. The van der Waals surface area contributed by atoms with Crippen molar-refractivity contribution in [2.24, 2.45) is 0 Å². The van der Waals surface area contributed by atoms with Crippen LogP contribution in [0.2, 0.25) is 0 Å². The molecule has 2 amide bonds. The molecular formula is C37H42FN3O5S. The van der Waals surface area contributed by atoms with Crippen LogP contribution in [0.25, 0.3) is 0 Å². The van der Waals surface area contributed by atoms with E-state index in [2.05, 4.69) is 5.32 Å². The van der Waals surface area contributed by atoms with Gasteiger partial charge in [0.25, 0.3) is 10.0 Å². The number of aryl methyl sites for hydroxylation is 2. The van der Waals surface area contributed by atoms with Gasteiger partial charge in [-0.1, -0.05) is 73.2 Å². The molecule has 1 N–H and O–H groups in total. The lowest BCUT2D eigenvalue weighted by atomic mass is 10.0. The van der Waals surface area contributed by atoms with E-state index < -0.39 is 34.3 Å². The number of hydrogen-bond donors (Lipinski definition) is 1. The Bertz CT molecular complexity index is 1760. The first-order valence-electron chi connectivity index (χ1n) is 15.5. The number of nitrogens with zero attached hydrogens (tertiary/aromatic N) is 2. The van der Waals surface area contributed by atoms with Gasteiger partial charge in [-0.25, -0.2) is 12.8 Å². The molecule has 4 aromatic carbocycles. The monoisotopic (exact) mass is 659 g/mol. The van der Waals surface area contributed by atoms with E-state index in [0.717, 1.165) is 21.0 Å². The number of halogens is 1. The van der Waals surface area contributed by atoms with Crippen molar-refractivity contribution in [2.75, 3.05) is 18.0 Å². The van der Waals surface area contributed by atoms with Crippen LogP contribution in [0.15, 0.2) is 102 Å². The van der Waals surface area contributed by atoms with E-state index >= 15 is 0 Å². The van der Waals surface area contributed by atoms with Gasteiger partial charge in [0.2, 0.25) is 11.8 Å². The van der Waals surface area contributed by atoms with Crippen molar-refractivity contribution < 1.29 is 27.1 Å². The lowest BCUT2D eigenvalue weighted by Gasteiger charge is -2.34. The van der Waals surface area contributed by atoms with E-state index in [1.807, 2.05) is 58.0 Å². The van der Waals surface area contributed by atoms with Crippen LogP contribution < -0.4 is 14.4 Å². The van der Waals surface area contributed by atoms with Gasteiger partial charge in [-0.05, 0) is 80.3 Å². The predicted molar refractivity (Wildman–Crippen MR) is 182 cm³/mol. The Labute approximate surface area is 277 Å². The summed E-state index contributed by atoms with van der Waals surface area (Å²) in [4.78, 5) is 30.0. The van der Waals surface area contributed by atoms with Gasteiger partial charge in [0, 0.05) is 19.0 Å². The molecule has 4 rings (SSSR count). The summed E-state index contributed by atoms with van der Waals surface area (Å²) in [5.74, 6) is -1.17. The van der Waals surface area contributed by atoms with E-state index in [-0.39, 0.29) is 41.2 Å². The van der Waals surface area contributed by atoms with Crippen LogP contribution in [0.4, 0.5) is 10.1 Å². The second-order valence-corrected chi connectivity index (χ2v) is 13.5. The Kier molecular flexibility index (Phi) is 11.8. The van der Waals surface area contributed by atoms with Gasteiger partial charge >= 0.3 is 0 Å². The molecular weight excluding hydrogens is 617 g/mol. The van der Waals surface area contributed by atoms with Gasteiger partial charge in [-0.15, -0.1) is 0 Å². The molecule has 0 fully saturated rings. The zero-order chi connectivity index (χ0) is 34.1. The first kappa shape index (κ1) is 35.2. The van der Waals surface area contributed by atoms with Gasteiger partial charge in [0.15, 0.2) is 0 Å². The summed E-state index contributed by atoms with van der Waals surface area (Å²) in [6.45, 7) is 6.81.